The number of sulfonamides is 1. The first kappa shape index (κ1) is 27.5. The van der Waals surface area contributed by atoms with Crippen LogP contribution in [0, 0.1) is 0 Å². The summed E-state index contributed by atoms with van der Waals surface area (Å²) in [5, 5.41) is 3.47. The summed E-state index contributed by atoms with van der Waals surface area (Å²) in [5.41, 5.74) is 3.08. The van der Waals surface area contributed by atoms with E-state index in [1.165, 1.54) is 50.4 Å². The number of rotatable bonds is 7. The van der Waals surface area contributed by atoms with Crippen LogP contribution in [-0.2, 0) is 34.3 Å². The summed E-state index contributed by atoms with van der Waals surface area (Å²) < 4.78 is 32.5. The number of ether oxygens (including phenoxy) is 1. The molecule has 3 aromatic rings. The third-order valence-corrected chi connectivity index (χ3v) is 10.0. The topological polar surface area (TPSA) is 99.3 Å². The number of hydrogen-bond donors (Lipinski definition) is 1. The molecular weight excluding hydrogens is 536 g/mol. The van der Waals surface area contributed by atoms with Gasteiger partial charge in [-0.25, -0.2) is 8.42 Å². The number of nitrogens with zero attached hydrogens (tertiary/aromatic N) is 3. The Morgan fingerprint density at radius 3 is 2.36 bits per heavy atom. The minimum atomic E-state index is -3.65. The van der Waals surface area contributed by atoms with E-state index in [4.69, 9.17) is 4.74 Å². The van der Waals surface area contributed by atoms with Crippen LogP contribution in [-0.4, -0.2) is 81.3 Å². The van der Waals surface area contributed by atoms with Crippen molar-refractivity contribution in [2.45, 2.75) is 24.4 Å². The molecular formula is C28H32N4O5S2. The maximum atomic E-state index is 13.2. The molecule has 11 heteroatoms. The van der Waals surface area contributed by atoms with Crippen molar-refractivity contribution in [3.63, 3.8) is 0 Å². The van der Waals surface area contributed by atoms with E-state index in [2.05, 4.69) is 22.3 Å². The molecule has 0 unspecified atom stereocenters. The maximum absolute atomic E-state index is 13.2. The van der Waals surface area contributed by atoms with Gasteiger partial charge in [0.25, 0.3) is 11.8 Å². The third kappa shape index (κ3) is 5.92. The predicted molar refractivity (Wildman–Crippen MR) is 151 cm³/mol. The van der Waals surface area contributed by atoms with Gasteiger partial charge in [0, 0.05) is 57.3 Å². The summed E-state index contributed by atoms with van der Waals surface area (Å²) >= 11 is 1.44. The molecule has 9 nitrogen and oxygen atoms in total. The Morgan fingerprint density at radius 1 is 1.00 bits per heavy atom. The number of anilines is 1. The average molecular weight is 569 g/mol. The number of fused-ring (bicyclic) bond motifs is 1. The second-order valence-electron chi connectivity index (χ2n) is 9.85. The highest BCUT2D eigenvalue weighted by Crippen LogP contribution is 2.38. The summed E-state index contributed by atoms with van der Waals surface area (Å²) in [5.74, 6) is -0.538. The minimum Gasteiger partial charge on any atom is -0.379 e. The van der Waals surface area contributed by atoms with Crippen molar-refractivity contribution >= 4 is 38.2 Å². The average Bonchev–Trinajstić information content (AvgIpc) is 3.30. The molecule has 2 aliphatic heterocycles. The van der Waals surface area contributed by atoms with Gasteiger partial charge in [-0.2, -0.15) is 4.31 Å². The number of carbonyl (C=O) groups is 2. The summed E-state index contributed by atoms with van der Waals surface area (Å²) in [6, 6.07) is 16.2. The van der Waals surface area contributed by atoms with Crippen molar-refractivity contribution in [1.29, 1.82) is 0 Å². The number of amides is 2. The Hall–Kier alpha value is -3.09. The molecule has 0 atom stereocenters. The van der Waals surface area contributed by atoms with Crippen LogP contribution in [0.25, 0.3) is 0 Å². The van der Waals surface area contributed by atoms with Crippen LogP contribution in [0.2, 0.25) is 0 Å². The third-order valence-electron chi connectivity index (χ3n) is 6.96. The Bertz CT molecular complexity index is 1450. The summed E-state index contributed by atoms with van der Waals surface area (Å²) in [6.45, 7) is 3.67. The molecule has 0 bridgehead atoms. The molecule has 0 radical (unpaired) electrons. The fourth-order valence-electron chi connectivity index (χ4n) is 4.86. The Balaban J connectivity index is 1.35. The summed E-state index contributed by atoms with van der Waals surface area (Å²) in [4.78, 5) is 31.5. The van der Waals surface area contributed by atoms with Gasteiger partial charge in [-0.1, -0.05) is 30.3 Å². The number of carbonyl (C=O) groups excluding carboxylic acids is 2. The van der Waals surface area contributed by atoms with Crippen molar-refractivity contribution < 1.29 is 22.7 Å². The predicted octanol–water partition coefficient (Wildman–Crippen LogP) is 3.28. The van der Waals surface area contributed by atoms with Gasteiger partial charge in [0.1, 0.15) is 5.00 Å². The van der Waals surface area contributed by atoms with E-state index in [0.29, 0.717) is 49.0 Å². The summed E-state index contributed by atoms with van der Waals surface area (Å²) in [6.07, 6.45) is 0.720. The monoisotopic (exact) mass is 568 g/mol. The zero-order valence-electron chi connectivity index (χ0n) is 22.1. The van der Waals surface area contributed by atoms with Crippen LogP contribution in [0.1, 0.15) is 36.7 Å². The van der Waals surface area contributed by atoms with Crippen LogP contribution in [0.15, 0.2) is 59.5 Å². The Labute approximate surface area is 233 Å². The lowest BCUT2D eigenvalue weighted by Crippen LogP contribution is -2.40. The lowest BCUT2D eigenvalue weighted by atomic mass is 10.0. The molecule has 0 saturated carbocycles. The fourth-order valence-corrected chi connectivity index (χ4v) is 7.55. The lowest BCUT2D eigenvalue weighted by Gasteiger charge is -2.27. The second kappa shape index (κ2) is 11.6. The van der Waals surface area contributed by atoms with Crippen LogP contribution in [0.4, 0.5) is 5.00 Å². The van der Waals surface area contributed by atoms with E-state index < -0.39 is 15.9 Å². The zero-order chi connectivity index (χ0) is 27.6. The van der Waals surface area contributed by atoms with Gasteiger partial charge in [0.05, 0.1) is 23.7 Å². The number of nitrogens with one attached hydrogen (secondary N) is 1. The standard InChI is InChI=1S/C28H32N4O5S2/c1-30(2)28(34)25-23-12-13-31(18-20-6-4-3-5-7-20)19-24(23)38-27(25)29-26(33)21-8-10-22(11-9-21)39(35,36)32-14-16-37-17-15-32/h3-11H,12-19H2,1-2H3,(H,29,33). The van der Waals surface area contributed by atoms with Crippen molar-refractivity contribution in [1.82, 2.24) is 14.1 Å². The number of benzene rings is 2. The highest BCUT2D eigenvalue weighted by Gasteiger charge is 2.30. The van der Waals surface area contributed by atoms with Gasteiger partial charge in [-0.3, -0.25) is 14.5 Å². The molecule has 206 valence electrons. The first-order valence-electron chi connectivity index (χ1n) is 12.9. The molecule has 2 aliphatic rings. The van der Waals surface area contributed by atoms with Crippen molar-refractivity contribution in [3.05, 3.63) is 81.7 Å². The normalized spacial score (nSPS) is 16.5. The SMILES string of the molecule is CN(C)C(=O)c1c(NC(=O)c2ccc(S(=O)(=O)N3CCOCC3)cc2)sc2c1CCN(Cc1ccccc1)C2. The van der Waals surface area contributed by atoms with E-state index >= 15 is 0 Å². The quantitative estimate of drug-likeness (QED) is 0.470. The fraction of sp³-hybridized carbons (Fsp3) is 0.357. The van der Waals surface area contributed by atoms with Gasteiger partial charge in [0.15, 0.2) is 0 Å². The number of thiophene rings is 1. The molecule has 39 heavy (non-hydrogen) atoms. The zero-order valence-corrected chi connectivity index (χ0v) is 23.7. The van der Waals surface area contributed by atoms with Crippen LogP contribution >= 0.6 is 11.3 Å². The lowest BCUT2D eigenvalue weighted by molar-refractivity contribution is 0.0730. The second-order valence-corrected chi connectivity index (χ2v) is 12.9. The molecule has 1 N–H and O–H groups in total. The minimum absolute atomic E-state index is 0.134. The van der Waals surface area contributed by atoms with E-state index in [-0.39, 0.29) is 10.8 Å². The largest absolute Gasteiger partial charge is 0.379 e. The van der Waals surface area contributed by atoms with E-state index in [1.54, 1.807) is 14.1 Å². The van der Waals surface area contributed by atoms with Crippen LogP contribution in [0.3, 0.4) is 0 Å². The van der Waals surface area contributed by atoms with Gasteiger partial charge in [0.2, 0.25) is 10.0 Å². The molecule has 2 aromatic carbocycles. The maximum Gasteiger partial charge on any atom is 0.256 e. The van der Waals surface area contributed by atoms with Crippen molar-refractivity contribution in [3.8, 4) is 0 Å². The molecule has 1 saturated heterocycles. The molecule has 0 spiro atoms. The summed E-state index contributed by atoms with van der Waals surface area (Å²) in [7, 11) is -0.243. The van der Waals surface area contributed by atoms with Crippen LogP contribution in [0.5, 0.6) is 0 Å². The molecule has 1 aromatic heterocycles. The van der Waals surface area contributed by atoms with E-state index in [0.717, 1.165) is 30.0 Å². The molecule has 5 rings (SSSR count). The highest BCUT2D eigenvalue weighted by atomic mass is 32.2. The molecule has 2 amide bonds. The van der Waals surface area contributed by atoms with Crippen molar-refractivity contribution in [2.75, 3.05) is 52.3 Å². The van der Waals surface area contributed by atoms with E-state index in [1.807, 2.05) is 18.2 Å². The Morgan fingerprint density at radius 2 is 1.69 bits per heavy atom. The highest BCUT2D eigenvalue weighted by molar-refractivity contribution is 7.89. The van der Waals surface area contributed by atoms with Gasteiger partial charge in [-0.05, 0) is 41.8 Å². The first-order chi connectivity index (χ1) is 18.7. The van der Waals surface area contributed by atoms with Gasteiger partial charge < -0.3 is 15.0 Å². The van der Waals surface area contributed by atoms with Crippen molar-refractivity contribution in [2.24, 2.45) is 0 Å². The smallest absolute Gasteiger partial charge is 0.256 e. The number of hydrogen-bond acceptors (Lipinski definition) is 7. The molecule has 1 fully saturated rings. The van der Waals surface area contributed by atoms with Crippen LogP contribution < -0.4 is 5.32 Å². The van der Waals surface area contributed by atoms with E-state index in [9.17, 15) is 18.0 Å². The van der Waals surface area contributed by atoms with Gasteiger partial charge >= 0.3 is 0 Å². The van der Waals surface area contributed by atoms with Gasteiger partial charge in [-0.15, -0.1) is 11.3 Å². The Kier molecular flexibility index (Phi) is 8.15. The number of morpholine rings is 1. The molecule has 0 aliphatic carbocycles. The molecule has 3 heterocycles. The first-order valence-corrected chi connectivity index (χ1v) is 15.1.